The Morgan fingerprint density at radius 3 is 2.71 bits per heavy atom. The summed E-state index contributed by atoms with van der Waals surface area (Å²) in [5.41, 5.74) is 2.11. The number of nitro groups is 1. The minimum atomic E-state index is -0.394. The molecule has 2 N–H and O–H groups in total. The fourth-order valence-electron chi connectivity index (χ4n) is 3.88. The molecule has 1 saturated heterocycles. The van der Waals surface area contributed by atoms with Crippen LogP contribution in [-0.4, -0.2) is 36.7 Å². The average Bonchev–Trinajstić information content (AvgIpc) is 2.82. The van der Waals surface area contributed by atoms with Crippen LogP contribution < -0.4 is 15.4 Å². The fraction of sp³-hybridized carbons (Fsp3) is 0.435. The predicted octanol–water partition coefficient (Wildman–Crippen LogP) is 3.72. The molecule has 0 radical (unpaired) electrons. The summed E-state index contributed by atoms with van der Waals surface area (Å²) >= 11 is 0. The largest absolute Gasteiger partial charge is 0.493 e. The quantitative estimate of drug-likeness (QED) is 0.317. The first-order valence-electron chi connectivity index (χ1n) is 10.8. The van der Waals surface area contributed by atoms with Crippen molar-refractivity contribution in [2.75, 3.05) is 19.8 Å². The highest BCUT2D eigenvalue weighted by Gasteiger charge is 2.22. The van der Waals surface area contributed by atoms with Gasteiger partial charge in [0.2, 0.25) is 0 Å². The van der Waals surface area contributed by atoms with E-state index in [1.165, 1.54) is 18.6 Å². The summed E-state index contributed by atoms with van der Waals surface area (Å²) in [5.74, 6) is 1.60. The second-order valence-electron chi connectivity index (χ2n) is 7.83. The summed E-state index contributed by atoms with van der Waals surface area (Å²) in [6.07, 6.45) is 4.37. The molecule has 0 amide bonds. The van der Waals surface area contributed by atoms with Crippen molar-refractivity contribution in [1.82, 2.24) is 10.6 Å². The van der Waals surface area contributed by atoms with Crippen LogP contribution in [0.15, 0.2) is 53.5 Å². The monoisotopic (exact) mass is 424 g/mol. The molecule has 2 heterocycles. The number of non-ortho nitro benzene ring substituents is 1. The van der Waals surface area contributed by atoms with Crippen LogP contribution >= 0.6 is 0 Å². The Labute approximate surface area is 181 Å². The highest BCUT2D eigenvalue weighted by molar-refractivity contribution is 5.80. The fourth-order valence-corrected chi connectivity index (χ4v) is 3.88. The number of nitrogens with zero attached hydrogens (tertiary/aromatic N) is 2. The molecule has 0 aromatic heterocycles. The molecule has 31 heavy (non-hydrogen) atoms. The number of fused-ring (bicyclic) bond motifs is 1. The molecule has 2 aromatic carbocycles. The number of nitrogens with one attached hydrogen (secondary N) is 2. The third kappa shape index (κ3) is 5.73. The maximum Gasteiger partial charge on any atom is 0.269 e. The Bertz CT molecular complexity index is 910. The van der Waals surface area contributed by atoms with Crippen molar-refractivity contribution in [3.63, 3.8) is 0 Å². The van der Waals surface area contributed by atoms with Crippen LogP contribution in [0.25, 0.3) is 0 Å². The first-order chi connectivity index (χ1) is 15.2. The maximum atomic E-state index is 10.9. The van der Waals surface area contributed by atoms with Crippen LogP contribution in [0.4, 0.5) is 5.69 Å². The van der Waals surface area contributed by atoms with Crippen LogP contribution in [0.3, 0.4) is 0 Å². The predicted molar refractivity (Wildman–Crippen MR) is 118 cm³/mol. The van der Waals surface area contributed by atoms with Crippen molar-refractivity contribution in [2.45, 2.75) is 44.4 Å². The molecule has 8 heteroatoms. The van der Waals surface area contributed by atoms with E-state index < -0.39 is 4.92 Å². The van der Waals surface area contributed by atoms with Crippen molar-refractivity contribution in [2.24, 2.45) is 4.99 Å². The number of ether oxygens (including phenoxy) is 2. The molecule has 0 spiro atoms. The molecule has 8 nitrogen and oxygen atoms in total. The van der Waals surface area contributed by atoms with Gasteiger partial charge in [-0.25, -0.2) is 4.99 Å². The molecule has 2 aromatic rings. The van der Waals surface area contributed by atoms with Crippen molar-refractivity contribution >= 4 is 11.6 Å². The van der Waals surface area contributed by atoms with Crippen molar-refractivity contribution in [3.8, 4) is 5.75 Å². The van der Waals surface area contributed by atoms with Crippen molar-refractivity contribution in [3.05, 3.63) is 69.8 Å². The zero-order valence-electron chi connectivity index (χ0n) is 17.5. The van der Waals surface area contributed by atoms with Gasteiger partial charge in [0, 0.05) is 37.3 Å². The molecule has 0 saturated carbocycles. The van der Waals surface area contributed by atoms with E-state index in [-0.39, 0.29) is 17.8 Å². The highest BCUT2D eigenvalue weighted by Crippen LogP contribution is 2.31. The zero-order valence-corrected chi connectivity index (χ0v) is 17.5. The number of aliphatic imine (C=N–C) groups is 1. The molecule has 4 rings (SSSR count). The zero-order chi connectivity index (χ0) is 21.5. The van der Waals surface area contributed by atoms with Gasteiger partial charge in [0.15, 0.2) is 5.96 Å². The number of guanidine groups is 1. The number of nitro benzene ring substituents is 1. The van der Waals surface area contributed by atoms with Gasteiger partial charge in [-0.15, -0.1) is 0 Å². The van der Waals surface area contributed by atoms with Crippen LogP contribution in [-0.2, 0) is 11.3 Å². The molecule has 2 unspecified atom stereocenters. The summed E-state index contributed by atoms with van der Waals surface area (Å²) < 4.78 is 11.6. The van der Waals surface area contributed by atoms with Crippen LogP contribution in [0, 0.1) is 10.1 Å². The number of rotatable bonds is 6. The number of benzene rings is 2. The normalized spacial score (nSPS) is 21.0. The van der Waals surface area contributed by atoms with Gasteiger partial charge in [0.25, 0.3) is 5.69 Å². The van der Waals surface area contributed by atoms with E-state index in [2.05, 4.69) is 16.7 Å². The second-order valence-corrected chi connectivity index (χ2v) is 7.83. The van der Waals surface area contributed by atoms with E-state index in [1.54, 1.807) is 12.1 Å². The van der Waals surface area contributed by atoms with Gasteiger partial charge in [-0.3, -0.25) is 10.1 Å². The summed E-state index contributed by atoms with van der Waals surface area (Å²) in [6, 6.07) is 14.7. The first-order valence-corrected chi connectivity index (χ1v) is 10.8. The first kappa shape index (κ1) is 21.1. The number of para-hydroxylation sites is 1. The SMILES string of the molecule is O=[N+]([O-])c1ccc(CN=C(NCC2CCCCO2)NC2CCOc3ccccc32)cc1. The van der Waals surface area contributed by atoms with Gasteiger partial charge >= 0.3 is 0 Å². The molecule has 0 aliphatic carbocycles. The van der Waals surface area contributed by atoms with E-state index >= 15 is 0 Å². The van der Waals surface area contributed by atoms with Gasteiger partial charge in [-0.05, 0) is 30.9 Å². The Morgan fingerprint density at radius 1 is 1.10 bits per heavy atom. The average molecular weight is 425 g/mol. The van der Waals surface area contributed by atoms with Crippen molar-refractivity contribution in [1.29, 1.82) is 0 Å². The molecule has 164 valence electrons. The van der Waals surface area contributed by atoms with Crippen LogP contribution in [0.5, 0.6) is 5.75 Å². The molecule has 0 bridgehead atoms. The summed E-state index contributed by atoms with van der Waals surface area (Å²) in [4.78, 5) is 15.2. The highest BCUT2D eigenvalue weighted by atomic mass is 16.6. The lowest BCUT2D eigenvalue weighted by molar-refractivity contribution is -0.384. The smallest absolute Gasteiger partial charge is 0.269 e. The summed E-state index contributed by atoms with van der Waals surface area (Å²) in [5, 5.41) is 17.9. The van der Waals surface area contributed by atoms with Gasteiger partial charge in [0.05, 0.1) is 30.2 Å². The topological polar surface area (TPSA) is 98.0 Å². The Kier molecular flexibility index (Phi) is 6.99. The van der Waals surface area contributed by atoms with E-state index in [4.69, 9.17) is 14.5 Å². The van der Waals surface area contributed by atoms with E-state index in [0.717, 1.165) is 42.7 Å². The number of hydrogen-bond donors (Lipinski definition) is 2. The Morgan fingerprint density at radius 2 is 1.94 bits per heavy atom. The Hall–Kier alpha value is -3.13. The maximum absolute atomic E-state index is 10.9. The van der Waals surface area contributed by atoms with Gasteiger partial charge in [-0.2, -0.15) is 0 Å². The van der Waals surface area contributed by atoms with Crippen LogP contribution in [0.1, 0.15) is 42.9 Å². The molecule has 2 aliphatic heterocycles. The third-order valence-corrected chi connectivity index (χ3v) is 5.61. The minimum Gasteiger partial charge on any atom is -0.493 e. The lowest BCUT2D eigenvalue weighted by atomic mass is 10.0. The van der Waals surface area contributed by atoms with Crippen molar-refractivity contribution < 1.29 is 14.4 Å². The van der Waals surface area contributed by atoms with E-state index in [9.17, 15) is 10.1 Å². The minimum absolute atomic E-state index is 0.0810. The van der Waals surface area contributed by atoms with E-state index in [1.807, 2.05) is 18.2 Å². The number of hydrogen-bond acceptors (Lipinski definition) is 5. The van der Waals surface area contributed by atoms with Gasteiger partial charge < -0.3 is 20.1 Å². The molecular formula is C23H28N4O4. The second kappa shape index (κ2) is 10.3. The molecule has 2 aliphatic rings. The van der Waals surface area contributed by atoms with E-state index in [0.29, 0.717) is 25.7 Å². The lowest BCUT2D eigenvalue weighted by Gasteiger charge is -2.29. The summed E-state index contributed by atoms with van der Waals surface area (Å²) in [7, 11) is 0. The Balaban J connectivity index is 1.47. The standard InChI is InChI=1S/C23H28N4O4/c28-27(29)18-10-8-17(9-11-18)15-24-23(25-16-19-5-3-4-13-30-19)26-21-12-14-31-22-7-2-1-6-20(21)22/h1-2,6-11,19,21H,3-5,12-16H2,(H2,24,25,26). The lowest BCUT2D eigenvalue weighted by Crippen LogP contribution is -2.44. The molecule has 1 fully saturated rings. The third-order valence-electron chi connectivity index (χ3n) is 5.61. The van der Waals surface area contributed by atoms with Gasteiger partial charge in [0.1, 0.15) is 5.75 Å². The summed E-state index contributed by atoms with van der Waals surface area (Å²) in [6.45, 7) is 2.57. The van der Waals surface area contributed by atoms with Crippen LogP contribution in [0.2, 0.25) is 0 Å². The molecular weight excluding hydrogens is 396 g/mol. The molecule has 2 atom stereocenters. The van der Waals surface area contributed by atoms with Gasteiger partial charge in [-0.1, -0.05) is 30.3 Å².